The topological polar surface area (TPSA) is 75.7 Å². The fourth-order valence-corrected chi connectivity index (χ4v) is 4.51. The molecule has 1 heterocycles. The molecule has 0 aliphatic heterocycles. The van der Waals surface area contributed by atoms with Crippen molar-refractivity contribution in [3.05, 3.63) is 47.3 Å². The predicted octanol–water partition coefficient (Wildman–Crippen LogP) is 3.14. The summed E-state index contributed by atoms with van der Waals surface area (Å²) in [5.41, 5.74) is 0.543. The van der Waals surface area contributed by atoms with Gasteiger partial charge in [-0.25, -0.2) is 8.42 Å². The molecule has 2 rings (SSSR count). The first kappa shape index (κ1) is 21.2. The van der Waals surface area contributed by atoms with E-state index in [9.17, 15) is 26.4 Å². The Balaban J connectivity index is 1.95. The number of alkyl halides is 3. The van der Waals surface area contributed by atoms with E-state index >= 15 is 0 Å². The van der Waals surface area contributed by atoms with Crippen molar-refractivity contribution in [3.8, 4) is 5.75 Å². The molecule has 0 aliphatic rings. The lowest BCUT2D eigenvalue weighted by atomic mass is 10.1. The number of nitrogens with zero attached hydrogens (tertiary/aromatic N) is 1. The van der Waals surface area contributed by atoms with E-state index in [1.54, 1.807) is 18.4 Å². The number of likely N-dealkylation sites (N-methyl/N-ethyl adjacent to an activating group) is 1. The molecule has 1 aromatic heterocycles. The molecule has 0 radical (unpaired) electrons. The normalized spacial score (nSPS) is 13.4. The van der Waals surface area contributed by atoms with Crippen LogP contribution in [0.25, 0.3) is 0 Å². The van der Waals surface area contributed by atoms with Crippen molar-refractivity contribution >= 4 is 27.3 Å². The standard InChI is InChI=1S/C16H17F3N2O4S2/c1-11(12-5-7-13(8-6-12)25-16(17,18)19)20-14(22)10-21(2)27(23,24)15-4-3-9-26-15/h3-9,11H,10H2,1-2H3,(H,20,22). The second-order valence-corrected chi connectivity index (χ2v) is 8.82. The molecule has 2 aromatic rings. The van der Waals surface area contributed by atoms with Gasteiger partial charge in [-0.3, -0.25) is 4.79 Å². The second kappa shape index (κ2) is 8.28. The first-order valence-electron chi connectivity index (χ1n) is 7.64. The van der Waals surface area contributed by atoms with Crippen LogP contribution in [0, 0.1) is 0 Å². The third-order valence-electron chi connectivity index (χ3n) is 3.52. The Morgan fingerprint density at radius 2 is 1.89 bits per heavy atom. The molecule has 0 spiro atoms. The van der Waals surface area contributed by atoms with Crippen molar-refractivity contribution < 1.29 is 31.1 Å². The SMILES string of the molecule is CC(NC(=O)CN(C)S(=O)(=O)c1cccs1)c1ccc(OC(F)(F)F)cc1. The molecule has 0 saturated heterocycles. The van der Waals surface area contributed by atoms with Crippen molar-refractivity contribution in [1.82, 2.24) is 9.62 Å². The second-order valence-electron chi connectivity index (χ2n) is 5.60. The number of carbonyl (C=O) groups is 1. The fraction of sp³-hybridized carbons (Fsp3) is 0.312. The molecule has 1 amide bonds. The van der Waals surface area contributed by atoms with Gasteiger partial charge in [0, 0.05) is 7.05 Å². The van der Waals surface area contributed by atoms with Gasteiger partial charge in [-0.05, 0) is 36.1 Å². The summed E-state index contributed by atoms with van der Waals surface area (Å²) in [6.45, 7) is 1.24. The van der Waals surface area contributed by atoms with Gasteiger partial charge in [0.05, 0.1) is 12.6 Å². The summed E-state index contributed by atoms with van der Waals surface area (Å²) >= 11 is 1.05. The number of carbonyl (C=O) groups excluding carboxylic acids is 1. The van der Waals surface area contributed by atoms with E-state index in [1.807, 2.05) is 0 Å². The maximum Gasteiger partial charge on any atom is 0.573 e. The quantitative estimate of drug-likeness (QED) is 0.744. The Bertz CT molecular complexity index is 866. The number of halogens is 3. The third-order valence-corrected chi connectivity index (χ3v) is 6.69. The van der Waals surface area contributed by atoms with E-state index in [0.29, 0.717) is 5.56 Å². The molecule has 0 aliphatic carbocycles. The van der Waals surface area contributed by atoms with Crippen LogP contribution in [0.5, 0.6) is 5.75 Å². The first-order chi connectivity index (χ1) is 12.5. The van der Waals surface area contributed by atoms with Crippen LogP contribution in [0.4, 0.5) is 13.2 Å². The van der Waals surface area contributed by atoms with Gasteiger partial charge in [0.2, 0.25) is 5.91 Å². The first-order valence-corrected chi connectivity index (χ1v) is 9.96. The van der Waals surface area contributed by atoms with Crippen molar-refractivity contribution in [2.24, 2.45) is 0 Å². The average Bonchev–Trinajstić information content (AvgIpc) is 3.08. The summed E-state index contributed by atoms with van der Waals surface area (Å²) in [7, 11) is -2.45. The highest BCUT2D eigenvalue weighted by molar-refractivity contribution is 7.91. The van der Waals surface area contributed by atoms with E-state index in [-0.39, 0.29) is 16.5 Å². The molecule has 1 aromatic carbocycles. The summed E-state index contributed by atoms with van der Waals surface area (Å²) in [6, 6.07) is 7.56. The predicted molar refractivity (Wildman–Crippen MR) is 93.8 cm³/mol. The number of thiophene rings is 1. The number of benzene rings is 1. The van der Waals surface area contributed by atoms with Crippen molar-refractivity contribution in [2.75, 3.05) is 13.6 Å². The van der Waals surface area contributed by atoms with Gasteiger partial charge < -0.3 is 10.1 Å². The molecular formula is C16H17F3N2O4S2. The van der Waals surface area contributed by atoms with Crippen LogP contribution < -0.4 is 10.1 Å². The molecule has 1 atom stereocenters. The van der Waals surface area contributed by atoms with Crippen LogP contribution >= 0.6 is 11.3 Å². The molecule has 0 bridgehead atoms. The van der Waals surface area contributed by atoms with E-state index in [4.69, 9.17) is 0 Å². The Morgan fingerprint density at radius 3 is 2.41 bits per heavy atom. The lowest BCUT2D eigenvalue weighted by Gasteiger charge is -2.19. The number of hydrogen-bond acceptors (Lipinski definition) is 5. The lowest BCUT2D eigenvalue weighted by molar-refractivity contribution is -0.274. The molecule has 0 fully saturated rings. The molecule has 148 valence electrons. The number of rotatable bonds is 7. The average molecular weight is 422 g/mol. The van der Waals surface area contributed by atoms with E-state index in [0.717, 1.165) is 27.8 Å². The molecule has 0 saturated carbocycles. The van der Waals surface area contributed by atoms with Crippen molar-refractivity contribution in [3.63, 3.8) is 0 Å². The molecular weight excluding hydrogens is 405 g/mol. The highest BCUT2D eigenvalue weighted by Crippen LogP contribution is 2.24. The maximum atomic E-state index is 12.3. The van der Waals surface area contributed by atoms with E-state index < -0.39 is 28.3 Å². The Morgan fingerprint density at radius 1 is 1.26 bits per heavy atom. The Hall–Kier alpha value is -2.11. The van der Waals surface area contributed by atoms with Crippen LogP contribution in [-0.4, -0.2) is 38.6 Å². The minimum atomic E-state index is -4.78. The summed E-state index contributed by atoms with van der Waals surface area (Å²) in [5, 5.41) is 4.23. The Labute approximate surface area is 158 Å². The van der Waals surface area contributed by atoms with E-state index in [1.165, 1.54) is 25.2 Å². The minimum Gasteiger partial charge on any atom is -0.406 e. The molecule has 27 heavy (non-hydrogen) atoms. The summed E-state index contributed by atoms with van der Waals surface area (Å²) in [5.74, 6) is -0.910. The Kier molecular flexibility index (Phi) is 6.50. The number of amides is 1. The van der Waals surface area contributed by atoms with Gasteiger partial charge >= 0.3 is 6.36 Å². The van der Waals surface area contributed by atoms with Gasteiger partial charge in [0.25, 0.3) is 10.0 Å². The van der Waals surface area contributed by atoms with Gasteiger partial charge in [0.15, 0.2) is 0 Å². The number of hydrogen-bond donors (Lipinski definition) is 1. The number of sulfonamides is 1. The highest BCUT2D eigenvalue weighted by atomic mass is 32.2. The minimum absolute atomic E-state index is 0.131. The van der Waals surface area contributed by atoms with Gasteiger partial charge in [0.1, 0.15) is 9.96 Å². The van der Waals surface area contributed by atoms with Crippen LogP contribution in [-0.2, 0) is 14.8 Å². The van der Waals surface area contributed by atoms with Gasteiger partial charge in [-0.15, -0.1) is 24.5 Å². The summed E-state index contributed by atoms with van der Waals surface area (Å²) < 4.78 is 65.9. The molecule has 1 N–H and O–H groups in total. The smallest absolute Gasteiger partial charge is 0.406 e. The molecule has 6 nitrogen and oxygen atoms in total. The van der Waals surface area contributed by atoms with Crippen LogP contribution in [0.2, 0.25) is 0 Å². The van der Waals surface area contributed by atoms with Gasteiger partial charge in [-0.2, -0.15) is 4.31 Å². The van der Waals surface area contributed by atoms with Crippen LogP contribution in [0.3, 0.4) is 0 Å². The van der Waals surface area contributed by atoms with Gasteiger partial charge in [-0.1, -0.05) is 18.2 Å². The highest BCUT2D eigenvalue weighted by Gasteiger charge is 2.31. The van der Waals surface area contributed by atoms with Crippen molar-refractivity contribution in [2.45, 2.75) is 23.5 Å². The summed E-state index contributed by atoms with van der Waals surface area (Å²) in [6.07, 6.45) is -4.78. The zero-order chi connectivity index (χ0) is 20.2. The number of nitrogens with one attached hydrogen (secondary N) is 1. The largest absolute Gasteiger partial charge is 0.573 e. The monoisotopic (exact) mass is 422 g/mol. The number of ether oxygens (including phenoxy) is 1. The van der Waals surface area contributed by atoms with Crippen LogP contribution in [0.1, 0.15) is 18.5 Å². The molecule has 1 unspecified atom stereocenters. The van der Waals surface area contributed by atoms with Crippen molar-refractivity contribution in [1.29, 1.82) is 0 Å². The van der Waals surface area contributed by atoms with E-state index in [2.05, 4.69) is 10.1 Å². The zero-order valence-corrected chi connectivity index (χ0v) is 16.0. The zero-order valence-electron chi connectivity index (χ0n) is 14.4. The maximum absolute atomic E-state index is 12.3. The van der Waals surface area contributed by atoms with Crippen LogP contribution in [0.15, 0.2) is 46.0 Å². The fourth-order valence-electron chi connectivity index (χ4n) is 2.18. The summed E-state index contributed by atoms with van der Waals surface area (Å²) in [4.78, 5) is 12.1. The molecule has 11 heteroatoms. The lowest BCUT2D eigenvalue weighted by Crippen LogP contribution is -2.39. The third kappa shape index (κ3) is 5.94.